The standard InChI is InChI=1S/C11H15N3O2/c1-8(2)7-13(4)11-5-9(3)10(6-12-11)14(15)16/h5-6H,1,7H2,2-4H3. The average molecular weight is 221 g/mol. The van der Waals surface area contributed by atoms with Crippen molar-refractivity contribution in [3.63, 3.8) is 0 Å². The van der Waals surface area contributed by atoms with Crippen molar-refractivity contribution in [2.75, 3.05) is 18.5 Å². The minimum atomic E-state index is -0.426. The van der Waals surface area contributed by atoms with Gasteiger partial charge >= 0.3 is 0 Å². The minimum absolute atomic E-state index is 0.0486. The molecule has 0 fully saturated rings. The molecule has 1 heterocycles. The van der Waals surface area contributed by atoms with Crippen LogP contribution in [0, 0.1) is 17.0 Å². The fourth-order valence-corrected chi connectivity index (χ4v) is 1.42. The molecule has 86 valence electrons. The molecule has 0 radical (unpaired) electrons. The summed E-state index contributed by atoms with van der Waals surface area (Å²) in [6.45, 7) is 8.13. The summed E-state index contributed by atoms with van der Waals surface area (Å²) < 4.78 is 0. The summed E-state index contributed by atoms with van der Waals surface area (Å²) in [6, 6.07) is 1.71. The predicted octanol–water partition coefficient (Wildman–Crippen LogP) is 2.31. The van der Waals surface area contributed by atoms with Gasteiger partial charge < -0.3 is 4.90 Å². The minimum Gasteiger partial charge on any atom is -0.356 e. The summed E-state index contributed by atoms with van der Waals surface area (Å²) in [5.41, 5.74) is 1.68. The van der Waals surface area contributed by atoms with Crippen molar-refractivity contribution in [2.45, 2.75) is 13.8 Å². The second-order valence-electron chi connectivity index (χ2n) is 3.90. The number of hydrogen-bond acceptors (Lipinski definition) is 4. The first-order chi connectivity index (χ1) is 7.41. The van der Waals surface area contributed by atoms with Crippen molar-refractivity contribution in [3.8, 4) is 0 Å². The monoisotopic (exact) mass is 221 g/mol. The van der Waals surface area contributed by atoms with Gasteiger partial charge in [-0.25, -0.2) is 4.98 Å². The van der Waals surface area contributed by atoms with Crippen LogP contribution in [-0.4, -0.2) is 23.5 Å². The van der Waals surface area contributed by atoms with Crippen molar-refractivity contribution >= 4 is 11.5 Å². The third-order valence-corrected chi connectivity index (χ3v) is 2.16. The van der Waals surface area contributed by atoms with E-state index in [0.717, 1.165) is 5.57 Å². The average Bonchev–Trinajstić information content (AvgIpc) is 2.15. The Hall–Kier alpha value is -1.91. The number of anilines is 1. The van der Waals surface area contributed by atoms with Crippen LogP contribution in [0.2, 0.25) is 0 Å². The molecule has 0 aromatic carbocycles. The molecule has 0 spiro atoms. The highest BCUT2D eigenvalue weighted by molar-refractivity contribution is 5.48. The van der Waals surface area contributed by atoms with E-state index in [-0.39, 0.29) is 5.69 Å². The number of hydrogen-bond donors (Lipinski definition) is 0. The molecule has 16 heavy (non-hydrogen) atoms. The smallest absolute Gasteiger partial charge is 0.290 e. The SMILES string of the molecule is C=C(C)CN(C)c1cc(C)c([N+](=O)[O-])cn1. The molecule has 0 bridgehead atoms. The molecule has 0 atom stereocenters. The number of aromatic nitrogens is 1. The van der Waals surface area contributed by atoms with Crippen molar-refractivity contribution in [1.82, 2.24) is 4.98 Å². The second-order valence-corrected chi connectivity index (χ2v) is 3.90. The summed E-state index contributed by atoms with van der Waals surface area (Å²) >= 11 is 0. The Morgan fingerprint density at radius 2 is 2.31 bits per heavy atom. The first-order valence-electron chi connectivity index (χ1n) is 4.88. The summed E-state index contributed by atoms with van der Waals surface area (Å²) in [6.07, 6.45) is 1.29. The molecule has 0 aliphatic rings. The summed E-state index contributed by atoms with van der Waals surface area (Å²) in [4.78, 5) is 16.2. The zero-order valence-electron chi connectivity index (χ0n) is 9.73. The van der Waals surface area contributed by atoms with Crippen molar-refractivity contribution < 1.29 is 4.92 Å². The zero-order valence-corrected chi connectivity index (χ0v) is 9.73. The van der Waals surface area contributed by atoms with Gasteiger partial charge in [-0.2, -0.15) is 0 Å². The number of nitro groups is 1. The van der Waals surface area contributed by atoms with Gasteiger partial charge in [-0.1, -0.05) is 12.2 Å². The predicted molar refractivity (Wildman–Crippen MR) is 63.7 cm³/mol. The normalized spacial score (nSPS) is 9.94. The first-order valence-corrected chi connectivity index (χ1v) is 4.88. The molecule has 0 saturated carbocycles. The van der Waals surface area contributed by atoms with Gasteiger partial charge in [-0.05, 0) is 19.9 Å². The van der Waals surface area contributed by atoms with Gasteiger partial charge in [0.25, 0.3) is 5.69 Å². The van der Waals surface area contributed by atoms with Gasteiger partial charge in [-0.15, -0.1) is 0 Å². The fourth-order valence-electron chi connectivity index (χ4n) is 1.42. The quantitative estimate of drug-likeness (QED) is 0.444. The molecule has 0 unspecified atom stereocenters. The molecule has 0 N–H and O–H groups in total. The number of rotatable bonds is 4. The Bertz CT molecular complexity index is 429. The lowest BCUT2D eigenvalue weighted by atomic mass is 10.2. The number of aryl methyl sites for hydroxylation is 1. The Morgan fingerprint density at radius 1 is 1.69 bits per heavy atom. The van der Waals surface area contributed by atoms with Crippen LogP contribution < -0.4 is 4.90 Å². The van der Waals surface area contributed by atoms with Crippen molar-refractivity contribution in [1.29, 1.82) is 0 Å². The third-order valence-electron chi connectivity index (χ3n) is 2.16. The fraction of sp³-hybridized carbons (Fsp3) is 0.364. The molecule has 0 saturated heterocycles. The van der Waals surface area contributed by atoms with E-state index in [9.17, 15) is 10.1 Å². The van der Waals surface area contributed by atoms with Crippen molar-refractivity contribution in [2.24, 2.45) is 0 Å². The molecular weight excluding hydrogens is 206 g/mol. The van der Waals surface area contributed by atoms with E-state index in [4.69, 9.17) is 0 Å². The molecule has 0 aliphatic carbocycles. The van der Waals surface area contributed by atoms with Crippen LogP contribution in [0.5, 0.6) is 0 Å². The Morgan fingerprint density at radius 3 is 2.75 bits per heavy atom. The number of nitrogens with zero attached hydrogens (tertiary/aromatic N) is 3. The van der Waals surface area contributed by atoms with Crippen LogP contribution in [0.25, 0.3) is 0 Å². The number of pyridine rings is 1. The van der Waals surface area contributed by atoms with Crippen LogP contribution in [-0.2, 0) is 0 Å². The van der Waals surface area contributed by atoms with E-state index in [1.54, 1.807) is 13.0 Å². The van der Waals surface area contributed by atoms with Crippen LogP contribution in [0.15, 0.2) is 24.4 Å². The highest BCUT2D eigenvalue weighted by Gasteiger charge is 2.12. The Balaban J connectivity index is 2.96. The van der Waals surface area contributed by atoms with Crippen LogP contribution in [0.1, 0.15) is 12.5 Å². The van der Waals surface area contributed by atoms with Gasteiger partial charge in [0.2, 0.25) is 0 Å². The molecule has 1 rings (SSSR count). The molecule has 5 heteroatoms. The lowest BCUT2D eigenvalue weighted by molar-refractivity contribution is -0.385. The molecule has 0 amide bonds. The molecule has 1 aromatic heterocycles. The lowest BCUT2D eigenvalue weighted by Crippen LogP contribution is -2.20. The van der Waals surface area contributed by atoms with E-state index in [1.807, 2.05) is 18.9 Å². The maximum absolute atomic E-state index is 10.6. The zero-order chi connectivity index (χ0) is 12.3. The van der Waals surface area contributed by atoms with Crippen LogP contribution in [0.3, 0.4) is 0 Å². The Labute approximate surface area is 94.6 Å². The van der Waals surface area contributed by atoms with Gasteiger partial charge in [0.1, 0.15) is 12.0 Å². The molecule has 0 aliphatic heterocycles. The lowest BCUT2D eigenvalue weighted by Gasteiger charge is -2.18. The molecular formula is C11H15N3O2. The van der Waals surface area contributed by atoms with Crippen LogP contribution >= 0.6 is 0 Å². The largest absolute Gasteiger partial charge is 0.356 e. The van der Waals surface area contributed by atoms with Gasteiger partial charge in [0.05, 0.1) is 4.92 Å². The highest BCUT2D eigenvalue weighted by Crippen LogP contribution is 2.20. The highest BCUT2D eigenvalue weighted by atomic mass is 16.6. The maximum atomic E-state index is 10.6. The van der Waals surface area contributed by atoms with E-state index in [1.165, 1.54) is 6.20 Å². The maximum Gasteiger partial charge on any atom is 0.290 e. The summed E-state index contributed by atoms with van der Waals surface area (Å²) in [7, 11) is 1.88. The van der Waals surface area contributed by atoms with Crippen LogP contribution in [0.4, 0.5) is 11.5 Å². The van der Waals surface area contributed by atoms with E-state index >= 15 is 0 Å². The van der Waals surface area contributed by atoms with Gasteiger partial charge in [0.15, 0.2) is 0 Å². The van der Waals surface area contributed by atoms with Gasteiger partial charge in [-0.3, -0.25) is 10.1 Å². The second kappa shape index (κ2) is 4.74. The summed E-state index contributed by atoms with van der Waals surface area (Å²) in [5.74, 6) is 0.714. The van der Waals surface area contributed by atoms with Gasteiger partial charge in [0, 0.05) is 19.2 Å². The van der Waals surface area contributed by atoms with E-state index in [2.05, 4.69) is 11.6 Å². The Kier molecular flexibility index (Phi) is 3.60. The number of likely N-dealkylation sites (N-methyl/N-ethyl adjacent to an activating group) is 1. The third kappa shape index (κ3) is 2.79. The molecule has 1 aromatic rings. The summed E-state index contributed by atoms with van der Waals surface area (Å²) in [5, 5.41) is 10.6. The first kappa shape index (κ1) is 12.2. The van der Waals surface area contributed by atoms with Crippen molar-refractivity contribution in [3.05, 3.63) is 40.1 Å². The topological polar surface area (TPSA) is 59.3 Å². The van der Waals surface area contributed by atoms with E-state index < -0.39 is 4.92 Å². The van der Waals surface area contributed by atoms with E-state index in [0.29, 0.717) is 17.9 Å². The molecule has 5 nitrogen and oxygen atoms in total.